The van der Waals surface area contributed by atoms with E-state index < -0.39 is 0 Å². The molecule has 0 unspecified atom stereocenters. The number of anilines is 2. The molecule has 21 heavy (non-hydrogen) atoms. The first-order valence-electron chi connectivity index (χ1n) is 7.27. The van der Waals surface area contributed by atoms with Gasteiger partial charge in [0.05, 0.1) is 12.3 Å². The number of rotatable bonds is 3. The lowest BCUT2D eigenvalue weighted by atomic mass is 10.1. The Labute approximate surface area is 124 Å². The standard InChI is InChI=1S/C17H19FN2O/c18-14-10-13(6-7-19)11-15(12-14)20-8-3-9-21-17-5-2-1-4-16(17)20/h1-2,4-5,10-12H,3,6-9,19H2. The molecule has 1 aliphatic rings. The summed E-state index contributed by atoms with van der Waals surface area (Å²) in [4.78, 5) is 2.12. The van der Waals surface area contributed by atoms with Crippen molar-refractivity contribution in [2.75, 3.05) is 24.6 Å². The molecular weight excluding hydrogens is 267 g/mol. The minimum absolute atomic E-state index is 0.224. The van der Waals surface area contributed by atoms with Crippen molar-refractivity contribution in [2.45, 2.75) is 12.8 Å². The number of hydrogen-bond donors (Lipinski definition) is 1. The average Bonchev–Trinajstić information content (AvgIpc) is 2.69. The smallest absolute Gasteiger partial charge is 0.142 e. The fraction of sp³-hybridized carbons (Fsp3) is 0.294. The molecule has 1 aliphatic heterocycles. The summed E-state index contributed by atoms with van der Waals surface area (Å²) in [5.74, 6) is 0.623. The highest BCUT2D eigenvalue weighted by Crippen LogP contribution is 2.36. The van der Waals surface area contributed by atoms with E-state index in [9.17, 15) is 4.39 Å². The Hall–Kier alpha value is -2.07. The molecule has 3 nitrogen and oxygen atoms in total. The Morgan fingerprint density at radius 1 is 1.19 bits per heavy atom. The normalized spacial score (nSPS) is 14.3. The Kier molecular flexibility index (Phi) is 4.06. The lowest BCUT2D eigenvalue weighted by Gasteiger charge is -2.24. The van der Waals surface area contributed by atoms with Gasteiger partial charge < -0.3 is 15.4 Å². The lowest BCUT2D eigenvalue weighted by molar-refractivity contribution is 0.322. The highest BCUT2D eigenvalue weighted by molar-refractivity contribution is 5.70. The number of nitrogens with zero attached hydrogens (tertiary/aromatic N) is 1. The number of halogens is 1. The zero-order valence-corrected chi connectivity index (χ0v) is 11.9. The monoisotopic (exact) mass is 286 g/mol. The molecule has 0 fully saturated rings. The fourth-order valence-corrected chi connectivity index (χ4v) is 2.70. The molecule has 2 aromatic rings. The molecule has 110 valence electrons. The van der Waals surface area contributed by atoms with E-state index in [1.165, 1.54) is 0 Å². The highest BCUT2D eigenvalue weighted by Gasteiger charge is 2.18. The molecular formula is C17H19FN2O. The van der Waals surface area contributed by atoms with E-state index in [-0.39, 0.29) is 5.82 Å². The van der Waals surface area contributed by atoms with Crippen LogP contribution in [0.4, 0.5) is 15.8 Å². The van der Waals surface area contributed by atoms with Gasteiger partial charge in [-0.1, -0.05) is 12.1 Å². The third-order valence-electron chi connectivity index (χ3n) is 3.63. The minimum Gasteiger partial charge on any atom is -0.491 e. The summed E-state index contributed by atoms with van der Waals surface area (Å²) >= 11 is 0. The van der Waals surface area contributed by atoms with E-state index in [1.807, 2.05) is 30.3 Å². The Bertz CT molecular complexity index is 630. The van der Waals surface area contributed by atoms with Crippen LogP contribution in [-0.2, 0) is 6.42 Å². The van der Waals surface area contributed by atoms with E-state index in [2.05, 4.69) is 4.90 Å². The number of para-hydroxylation sites is 2. The van der Waals surface area contributed by atoms with E-state index >= 15 is 0 Å². The van der Waals surface area contributed by atoms with Crippen molar-refractivity contribution in [3.05, 3.63) is 53.8 Å². The maximum Gasteiger partial charge on any atom is 0.142 e. The van der Waals surface area contributed by atoms with Crippen LogP contribution < -0.4 is 15.4 Å². The van der Waals surface area contributed by atoms with Gasteiger partial charge in [0.1, 0.15) is 11.6 Å². The van der Waals surface area contributed by atoms with Gasteiger partial charge in [-0.25, -0.2) is 4.39 Å². The number of ether oxygens (including phenoxy) is 1. The molecule has 0 atom stereocenters. The summed E-state index contributed by atoms with van der Waals surface area (Å²) < 4.78 is 19.6. The molecule has 1 heterocycles. The van der Waals surface area contributed by atoms with Gasteiger partial charge in [0.2, 0.25) is 0 Å². The minimum atomic E-state index is -0.224. The number of nitrogens with two attached hydrogens (primary N) is 1. The predicted molar refractivity (Wildman–Crippen MR) is 82.7 cm³/mol. The van der Waals surface area contributed by atoms with Crippen molar-refractivity contribution in [1.29, 1.82) is 0 Å². The van der Waals surface area contributed by atoms with Crippen LogP contribution >= 0.6 is 0 Å². The molecule has 0 bridgehead atoms. The van der Waals surface area contributed by atoms with E-state index in [4.69, 9.17) is 10.5 Å². The summed E-state index contributed by atoms with van der Waals surface area (Å²) in [6, 6.07) is 13.0. The molecule has 4 heteroatoms. The molecule has 2 aromatic carbocycles. The quantitative estimate of drug-likeness (QED) is 0.941. The van der Waals surface area contributed by atoms with Crippen LogP contribution in [0.25, 0.3) is 0 Å². The van der Waals surface area contributed by atoms with Crippen molar-refractivity contribution in [2.24, 2.45) is 5.73 Å². The second kappa shape index (κ2) is 6.14. The van der Waals surface area contributed by atoms with Gasteiger partial charge in [-0.2, -0.15) is 0 Å². The van der Waals surface area contributed by atoms with Gasteiger partial charge in [0, 0.05) is 12.2 Å². The molecule has 3 rings (SSSR count). The van der Waals surface area contributed by atoms with Gasteiger partial charge in [0.15, 0.2) is 0 Å². The summed E-state index contributed by atoms with van der Waals surface area (Å²) in [6.45, 7) is 2.00. The number of benzene rings is 2. The zero-order chi connectivity index (χ0) is 14.7. The van der Waals surface area contributed by atoms with Crippen LogP contribution in [0.2, 0.25) is 0 Å². The summed E-state index contributed by atoms with van der Waals surface area (Å²) in [7, 11) is 0. The van der Waals surface area contributed by atoms with Crippen molar-refractivity contribution >= 4 is 11.4 Å². The second-order valence-corrected chi connectivity index (χ2v) is 5.18. The predicted octanol–water partition coefficient (Wildman–Crippen LogP) is 3.25. The molecule has 0 aliphatic carbocycles. The fourth-order valence-electron chi connectivity index (χ4n) is 2.70. The van der Waals surface area contributed by atoms with Crippen molar-refractivity contribution in [1.82, 2.24) is 0 Å². The van der Waals surface area contributed by atoms with Gasteiger partial charge in [-0.15, -0.1) is 0 Å². The highest BCUT2D eigenvalue weighted by atomic mass is 19.1. The summed E-state index contributed by atoms with van der Waals surface area (Å²) in [5.41, 5.74) is 8.35. The van der Waals surface area contributed by atoms with Crippen LogP contribution in [0.3, 0.4) is 0 Å². The van der Waals surface area contributed by atoms with Gasteiger partial charge in [-0.05, 0) is 55.3 Å². The first-order chi connectivity index (χ1) is 10.3. The van der Waals surface area contributed by atoms with Crippen LogP contribution in [0.1, 0.15) is 12.0 Å². The van der Waals surface area contributed by atoms with E-state index in [0.717, 1.165) is 35.7 Å². The molecule has 0 radical (unpaired) electrons. The van der Waals surface area contributed by atoms with Crippen molar-refractivity contribution in [3.8, 4) is 5.75 Å². The first-order valence-corrected chi connectivity index (χ1v) is 7.27. The summed E-state index contributed by atoms with van der Waals surface area (Å²) in [5, 5.41) is 0. The topological polar surface area (TPSA) is 38.5 Å². The third kappa shape index (κ3) is 3.00. The molecule has 0 saturated heterocycles. The number of hydrogen-bond acceptors (Lipinski definition) is 3. The van der Waals surface area contributed by atoms with Crippen LogP contribution in [-0.4, -0.2) is 19.7 Å². The van der Waals surface area contributed by atoms with E-state index in [1.54, 1.807) is 12.1 Å². The molecule has 0 saturated carbocycles. The van der Waals surface area contributed by atoms with Gasteiger partial charge >= 0.3 is 0 Å². The maximum atomic E-state index is 13.9. The third-order valence-corrected chi connectivity index (χ3v) is 3.63. The van der Waals surface area contributed by atoms with E-state index in [0.29, 0.717) is 19.6 Å². The zero-order valence-electron chi connectivity index (χ0n) is 11.9. The van der Waals surface area contributed by atoms with Gasteiger partial charge in [-0.3, -0.25) is 0 Å². The first kappa shape index (κ1) is 13.9. The largest absolute Gasteiger partial charge is 0.491 e. The maximum absolute atomic E-state index is 13.9. The molecule has 2 N–H and O–H groups in total. The Morgan fingerprint density at radius 3 is 2.90 bits per heavy atom. The Morgan fingerprint density at radius 2 is 2.05 bits per heavy atom. The van der Waals surface area contributed by atoms with Crippen LogP contribution in [0.15, 0.2) is 42.5 Å². The van der Waals surface area contributed by atoms with Crippen molar-refractivity contribution in [3.63, 3.8) is 0 Å². The lowest BCUT2D eigenvalue weighted by Crippen LogP contribution is -2.18. The van der Waals surface area contributed by atoms with Crippen LogP contribution in [0.5, 0.6) is 5.75 Å². The molecule has 0 amide bonds. The molecule has 0 spiro atoms. The SMILES string of the molecule is NCCc1cc(F)cc(N2CCCOc3ccccc32)c1. The second-order valence-electron chi connectivity index (χ2n) is 5.18. The van der Waals surface area contributed by atoms with Gasteiger partial charge in [0.25, 0.3) is 0 Å². The Balaban J connectivity index is 2.03. The summed E-state index contributed by atoms with van der Waals surface area (Å²) in [6.07, 6.45) is 1.58. The van der Waals surface area contributed by atoms with Crippen LogP contribution in [0, 0.1) is 5.82 Å². The average molecular weight is 286 g/mol. The van der Waals surface area contributed by atoms with Crippen molar-refractivity contribution < 1.29 is 9.13 Å². The molecule has 0 aromatic heterocycles. The number of fused-ring (bicyclic) bond motifs is 1.